The van der Waals surface area contributed by atoms with Crippen molar-refractivity contribution in [3.63, 3.8) is 0 Å². The molecule has 1 aromatic carbocycles. The zero-order valence-electron chi connectivity index (χ0n) is 7.21. The van der Waals surface area contributed by atoms with Gasteiger partial charge in [-0.1, -0.05) is 6.07 Å². The van der Waals surface area contributed by atoms with Crippen LogP contribution < -0.4 is 10.0 Å². The lowest BCUT2D eigenvalue weighted by Crippen LogP contribution is -2.19. The van der Waals surface area contributed by atoms with Crippen molar-refractivity contribution in [2.45, 2.75) is 25.9 Å². The molecule has 2 rings (SSSR count). The Morgan fingerprint density at radius 2 is 2.33 bits per heavy atom. The summed E-state index contributed by atoms with van der Waals surface area (Å²) < 4.78 is 5.68. The van der Waals surface area contributed by atoms with Crippen LogP contribution in [0.5, 0.6) is 5.75 Å². The van der Waals surface area contributed by atoms with Crippen molar-refractivity contribution in [2.75, 3.05) is 0 Å². The largest absolute Gasteiger partial charge is 0.490 e. The molecule has 0 amide bonds. The second-order valence-corrected chi connectivity index (χ2v) is 4.00. The first-order chi connectivity index (χ1) is 5.75. The van der Waals surface area contributed by atoms with Gasteiger partial charge in [-0.2, -0.15) is 0 Å². The van der Waals surface area contributed by atoms with Crippen LogP contribution in [0.4, 0.5) is 0 Å². The first-order valence-electron chi connectivity index (χ1n) is 4.31. The van der Waals surface area contributed by atoms with Crippen LogP contribution >= 0.6 is 9.24 Å². The van der Waals surface area contributed by atoms with Gasteiger partial charge in [-0.05, 0) is 42.8 Å². The Bertz CT molecular complexity index is 296. The molecule has 12 heavy (non-hydrogen) atoms. The van der Waals surface area contributed by atoms with Crippen molar-refractivity contribution in [2.24, 2.45) is 0 Å². The molecule has 1 aromatic rings. The van der Waals surface area contributed by atoms with Gasteiger partial charge in [-0.15, -0.1) is 9.24 Å². The number of fused-ring (bicyclic) bond motifs is 1. The number of rotatable bonds is 0. The minimum atomic E-state index is 0.382. The summed E-state index contributed by atoms with van der Waals surface area (Å²) in [6.07, 6.45) is 2.67. The maximum absolute atomic E-state index is 5.68. The molecule has 1 aliphatic rings. The molecule has 2 atom stereocenters. The maximum atomic E-state index is 5.68. The van der Waals surface area contributed by atoms with E-state index < -0.39 is 0 Å². The molecule has 1 heterocycles. The van der Waals surface area contributed by atoms with Crippen LogP contribution in [0.15, 0.2) is 18.2 Å². The summed E-state index contributed by atoms with van der Waals surface area (Å²) in [5.74, 6) is 1.07. The predicted octanol–water partition coefficient (Wildman–Crippen LogP) is 1.90. The molecular weight excluding hydrogens is 167 g/mol. The average molecular weight is 180 g/mol. The molecule has 0 bridgehead atoms. The van der Waals surface area contributed by atoms with Crippen molar-refractivity contribution in [1.82, 2.24) is 0 Å². The predicted molar refractivity (Wildman–Crippen MR) is 54.2 cm³/mol. The van der Waals surface area contributed by atoms with Crippen LogP contribution in [0.25, 0.3) is 0 Å². The molecule has 1 aliphatic heterocycles. The second-order valence-electron chi connectivity index (χ2n) is 3.33. The highest BCUT2D eigenvalue weighted by molar-refractivity contribution is 7.27. The van der Waals surface area contributed by atoms with Gasteiger partial charge < -0.3 is 4.74 Å². The third-order valence-corrected chi connectivity index (χ3v) is 2.59. The zero-order chi connectivity index (χ0) is 8.55. The van der Waals surface area contributed by atoms with Crippen molar-refractivity contribution >= 4 is 14.5 Å². The van der Waals surface area contributed by atoms with Gasteiger partial charge in [-0.3, -0.25) is 0 Å². The van der Waals surface area contributed by atoms with E-state index in [4.69, 9.17) is 4.74 Å². The molecule has 0 spiro atoms. The van der Waals surface area contributed by atoms with E-state index >= 15 is 0 Å². The molecule has 0 aromatic heterocycles. The van der Waals surface area contributed by atoms with Gasteiger partial charge >= 0.3 is 0 Å². The fraction of sp³-hybridized carbons (Fsp3) is 0.400. The highest BCUT2D eigenvalue weighted by Gasteiger charge is 2.14. The number of aryl methyl sites for hydroxylation is 1. The van der Waals surface area contributed by atoms with Gasteiger partial charge in [0.25, 0.3) is 0 Å². The number of hydrogen-bond donors (Lipinski definition) is 0. The summed E-state index contributed by atoms with van der Waals surface area (Å²) in [6.45, 7) is 2.12. The van der Waals surface area contributed by atoms with E-state index in [1.54, 1.807) is 0 Å². The van der Waals surface area contributed by atoms with Crippen LogP contribution in [-0.2, 0) is 6.42 Å². The molecule has 1 nitrogen and oxygen atoms in total. The Kier molecular flexibility index (Phi) is 2.06. The summed E-state index contributed by atoms with van der Waals surface area (Å²) in [5, 5.41) is 1.24. The van der Waals surface area contributed by atoms with Crippen molar-refractivity contribution in [3.05, 3.63) is 23.8 Å². The highest BCUT2D eigenvalue weighted by Crippen LogP contribution is 2.26. The standard InChI is InChI=1S/C10H13OP/c1-7-2-3-8-6-9(12)4-5-10(8)11-7/h4-7H,2-3,12H2,1H3/t7-/m0/s1. The summed E-state index contributed by atoms with van der Waals surface area (Å²) in [4.78, 5) is 0. The lowest BCUT2D eigenvalue weighted by molar-refractivity contribution is 0.192. The average Bonchev–Trinajstić information content (AvgIpc) is 2.05. The van der Waals surface area contributed by atoms with E-state index in [1.165, 1.54) is 10.9 Å². The van der Waals surface area contributed by atoms with Gasteiger partial charge in [-0.25, -0.2) is 0 Å². The van der Waals surface area contributed by atoms with Crippen molar-refractivity contribution < 1.29 is 4.74 Å². The van der Waals surface area contributed by atoms with Gasteiger partial charge in [0, 0.05) is 0 Å². The van der Waals surface area contributed by atoms with Gasteiger partial charge in [0.15, 0.2) is 0 Å². The van der Waals surface area contributed by atoms with Gasteiger partial charge in [0.05, 0.1) is 6.10 Å². The second kappa shape index (κ2) is 3.06. The Morgan fingerprint density at radius 1 is 1.50 bits per heavy atom. The van der Waals surface area contributed by atoms with Crippen molar-refractivity contribution in [3.8, 4) is 5.75 Å². The zero-order valence-corrected chi connectivity index (χ0v) is 8.36. The quantitative estimate of drug-likeness (QED) is 0.554. The minimum Gasteiger partial charge on any atom is -0.490 e. The molecule has 0 saturated carbocycles. The monoisotopic (exact) mass is 180 g/mol. The van der Waals surface area contributed by atoms with E-state index in [-0.39, 0.29) is 0 Å². The molecule has 0 aliphatic carbocycles. The van der Waals surface area contributed by atoms with Gasteiger partial charge in [0.2, 0.25) is 0 Å². The summed E-state index contributed by atoms with van der Waals surface area (Å²) in [7, 11) is 2.71. The van der Waals surface area contributed by atoms with E-state index in [9.17, 15) is 0 Å². The molecule has 64 valence electrons. The fourth-order valence-corrected chi connectivity index (χ4v) is 1.84. The van der Waals surface area contributed by atoms with E-state index in [0.29, 0.717) is 6.10 Å². The normalized spacial score (nSPS) is 21.3. The van der Waals surface area contributed by atoms with Crippen LogP contribution in [0.3, 0.4) is 0 Å². The van der Waals surface area contributed by atoms with Crippen LogP contribution in [0, 0.1) is 0 Å². The summed E-state index contributed by atoms with van der Waals surface area (Å²) in [6, 6.07) is 6.32. The van der Waals surface area contributed by atoms with E-state index in [0.717, 1.165) is 18.6 Å². The van der Waals surface area contributed by atoms with Crippen LogP contribution in [0.2, 0.25) is 0 Å². The molecule has 2 heteroatoms. The molecule has 0 radical (unpaired) electrons. The number of benzene rings is 1. The lowest BCUT2D eigenvalue weighted by Gasteiger charge is -2.23. The topological polar surface area (TPSA) is 9.23 Å². The molecule has 0 fully saturated rings. The third kappa shape index (κ3) is 1.47. The minimum absolute atomic E-state index is 0.382. The molecule has 1 unspecified atom stereocenters. The first kappa shape index (κ1) is 8.07. The number of ether oxygens (including phenoxy) is 1. The Hall–Kier alpha value is -0.550. The molecule has 0 N–H and O–H groups in total. The van der Waals surface area contributed by atoms with E-state index in [2.05, 4.69) is 34.4 Å². The fourth-order valence-electron chi connectivity index (χ4n) is 1.54. The highest BCUT2D eigenvalue weighted by atomic mass is 31.0. The first-order valence-corrected chi connectivity index (χ1v) is 4.88. The van der Waals surface area contributed by atoms with E-state index in [1.807, 2.05) is 0 Å². The van der Waals surface area contributed by atoms with Crippen LogP contribution in [0.1, 0.15) is 18.9 Å². The summed E-state index contributed by atoms with van der Waals surface area (Å²) >= 11 is 0. The Balaban J connectivity index is 2.37. The maximum Gasteiger partial charge on any atom is 0.122 e. The number of hydrogen-bond acceptors (Lipinski definition) is 1. The summed E-state index contributed by atoms with van der Waals surface area (Å²) in [5.41, 5.74) is 1.35. The molecule has 0 saturated heterocycles. The SMILES string of the molecule is C[C@H]1CCc2cc(P)ccc2O1. The smallest absolute Gasteiger partial charge is 0.122 e. The third-order valence-electron chi connectivity index (χ3n) is 2.23. The Labute approximate surface area is 75.3 Å². The Morgan fingerprint density at radius 3 is 3.17 bits per heavy atom. The van der Waals surface area contributed by atoms with Crippen LogP contribution in [-0.4, -0.2) is 6.10 Å². The van der Waals surface area contributed by atoms with Gasteiger partial charge in [0.1, 0.15) is 5.75 Å². The van der Waals surface area contributed by atoms with Crippen molar-refractivity contribution in [1.29, 1.82) is 0 Å². The molecular formula is C10H13OP. The lowest BCUT2D eigenvalue weighted by atomic mass is 10.0.